The minimum absolute atomic E-state index is 0.0349. The first-order chi connectivity index (χ1) is 27.0. The second kappa shape index (κ2) is 14.1. The van der Waals surface area contributed by atoms with E-state index in [0.29, 0.717) is 23.8 Å². The molecule has 1 atom stereocenters. The second-order valence-corrected chi connectivity index (χ2v) is 14.9. The Morgan fingerprint density at radius 2 is 1.38 bits per heavy atom. The Labute approximate surface area is 320 Å². The SMILES string of the molecule is CCc1nc2ccn(CC(C)C)c(=O)c2n1[C@H]1CCc2cc(-c3ccccc3-c3nnnn3C(c3ccccc3)(c3ccccc3)c3ccccc3)ccc21. The molecule has 8 aromatic rings. The number of fused-ring (bicyclic) bond motifs is 2. The van der Waals surface area contributed by atoms with Gasteiger partial charge in [0.05, 0.1) is 11.6 Å². The predicted molar refractivity (Wildman–Crippen MR) is 218 cm³/mol. The van der Waals surface area contributed by atoms with Crippen LogP contribution in [0.5, 0.6) is 0 Å². The van der Waals surface area contributed by atoms with Gasteiger partial charge in [0.1, 0.15) is 16.9 Å². The van der Waals surface area contributed by atoms with Gasteiger partial charge in [0.15, 0.2) is 5.82 Å². The molecule has 3 aromatic heterocycles. The summed E-state index contributed by atoms with van der Waals surface area (Å²) in [5, 5.41) is 14.0. The largest absolute Gasteiger partial charge is 0.316 e. The molecule has 5 aromatic carbocycles. The lowest BCUT2D eigenvalue weighted by Crippen LogP contribution is -2.39. The molecule has 0 unspecified atom stereocenters. The molecule has 3 heterocycles. The number of hydrogen-bond acceptors (Lipinski definition) is 5. The van der Waals surface area contributed by atoms with Crippen molar-refractivity contribution in [3.8, 4) is 22.5 Å². The molecule has 0 fully saturated rings. The Hall–Kier alpha value is -6.41. The molecular weight excluding hydrogens is 679 g/mol. The summed E-state index contributed by atoms with van der Waals surface area (Å²) in [4.78, 5) is 18.9. The number of aromatic nitrogens is 7. The highest BCUT2D eigenvalue weighted by Crippen LogP contribution is 2.44. The lowest BCUT2D eigenvalue weighted by molar-refractivity contribution is 0.451. The van der Waals surface area contributed by atoms with E-state index in [1.54, 1.807) is 0 Å². The maximum Gasteiger partial charge on any atom is 0.276 e. The highest BCUT2D eigenvalue weighted by atomic mass is 16.1. The molecule has 8 heteroatoms. The van der Waals surface area contributed by atoms with E-state index in [4.69, 9.17) is 15.3 Å². The van der Waals surface area contributed by atoms with Gasteiger partial charge in [-0.1, -0.05) is 154 Å². The minimum atomic E-state index is -0.862. The second-order valence-electron chi connectivity index (χ2n) is 14.9. The van der Waals surface area contributed by atoms with Gasteiger partial charge in [0, 0.05) is 24.7 Å². The van der Waals surface area contributed by atoms with Crippen LogP contribution in [0.3, 0.4) is 0 Å². The van der Waals surface area contributed by atoms with Gasteiger partial charge in [-0.25, -0.2) is 9.67 Å². The quantitative estimate of drug-likeness (QED) is 0.132. The van der Waals surface area contributed by atoms with Crippen molar-refractivity contribution in [2.24, 2.45) is 5.92 Å². The Kier molecular flexibility index (Phi) is 8.81. The molecule has 9 rings (SSSR count). The number of rotatable bonds is 10. The van der Waals surface area contributed by atoms with Crippen LogP contribution in [0.1, 0.15) is 66.9 Å². The van der Waals surface area contributed by atoms with Gasteiger partial charge in [-0.05, 0) is 74.2 Å². The van der Waals surface area contributed by atoms with E-state index in [2.05, 4.69) is 146 Å². The van der Waals surface area contributed by atoms with Crippen LogP contribution in [0, 0.1) is 5.92 Å². The predicted octanol–water partition coefficient (Wildman–Crippen LogP) is 9.11. The average Bonchev–Trinajstić information content (AvgIpc) is 3.98. The van der Waals surface area contributed by atoms with Gasteiger partial charge in [0.25, 0.3) is 5.56 Å². The van der Waals surface area contributed by atoms with Gasteiger partial charge in [0.2, 0.25) is 0 Å². The summed E-state index contributed by atoms with van der Waals surface area (Å²) in [6.07, 6.45) is 4.46. The van der Waals surface area contributed by atoms with Crippen molar-refractivity contribution >= 4 is 11.0 Å². The third kappa shape index (κ3) is 5.71. The summed E-state index contributed by atoms with van der Waals surface area (Å²) in [5.74, 6) is 1.98. The summed E-state index contributed by atoms with van der Waals surface area (Å²) in [5.41, 5.74) is 9.42. The summed E-state index contributed by atoms with van der Waals surface area (Å²) < 4.78 is 6.08. The number of benzene rings is 5. The molecule has 272 valence electrons. The van der Waals surface area contributed by atoms with E-state index in [9.17, 15) is 4.79 Å². The molecule has 1 aliphatic rings. The summed E-state index contributed by atoms with van der Waals surface area (Å²) >= 11 is 0. The first-order valence-electron chi connectivity index (χ1n) is 19.3. The first-order valence-corrected chi connectivity index (χ1v) is 19.3. The number of nitrogens with zero attached hydrogens (tertiary/aromatic N) is 7. The van der Waals surface area contributed by atoms with Crippen LogP contribution in [0.15, 0.2) is 151 Å². The topological polar surface area (TPSA) is 83.4 Å². The zero-order valence-corrected chi connectivity index (χ0v) is 31.4. The first kappa shape index (κ1) is 34.4. The van der Waals surface area contributed by atoms with Crippen molar-refractivity contribution in [2.75, 3.05) is 0 Å². The molecule has 8 nitrogen and oxygen atoms in total. The molecule has 55 heavy (non-hydrogen) atoms. The Morgan fingerprint density at radius 3 is 2.00 bits per heavy atom. The maximum absolute atomic E-state index is 13.9. The third-order valence-corrected chi connectivity index (χ3v) is 11.1. The fourth-order valence-corrected chi connectivity index (χ4v) is 8.76. The van der Waals surface area contributed by atoms with Crippen molar-refractivity contribution in [1.29, 1.82) is 0 Å². The number of hydrogen-bond donors (Lipinski definition) is 0. The number of imidazole rings is 1. The Morgan fingerprint density at radius 1 is 0.764 bits per heavy atom. The number of aryl methyl sites for hydroxylation is 2. The standard InChI is InChI=1S/C47H43N7O/c1-4-43-48-41-28-29-52(31-32(2)3)46(55)44(41)53(43)42-27-25-34-30-33(24-26-39(34)42)38-22-14-15-23-40(38)45-49-50-51-54(45)47(35-16-8-5-9-17-35,36-18-10-6-11-19-36)37-20-12-7-13-21-37/h5-24,26,28-30,32,42H,4,25,27,31H2,1-3H3/t42-/m0/s1. The fraction of sp³-hybridized carbons (Fsp3) is 0.213. The minimum Gasteiger partial charge on any atom is -0.316 e. The highest BCUT2D eigenvalue weighted by molar-refractivity contribution is 5.82. The highest BCUT2D eigenvalue weighted by Gasteiger charge is 2.42. The van der Waals surface area contributed by atoms with Gasteiger partial charge in [-0.3, -0.25) is 4.79 Å². The Bertz CT molecular complexity index is 2580. The van der Waals surface area contributed by atoms with Gasteiger partial charge >= 0.3 is 0 Å². The van der Waals surface area contributed by atoms with Gasteiger partial charge in [-0.15, -0.1) is 5.10 Å². The van der Waals surface area contributed by atoms with Crippen LogP contribution in [0.4, 0.5) is 0 Å². The lowest BCUT2D eigenvalue weighted by atomic mass is 9.77. The fourth-order valence-electron chi connectivity index (χ4n) is 8.76. The molecule has 0 saturated carbocycles. The summed E-state index contributed by atoms with van der Waals surface area (Å²) in [6, 6.07) is 48.7. The van der Waals surface area contributed by atoms with Crippen molar-refractivity contribution < 1.29 is 0 Å². The van der Waals surface area contributed by atoms with E-state index in [1.165, 1.54) is 11.1 Å². The molecule has 0 N–H and O–H groups in total. The zero-order valence-electron chi connectivity index (χ0n) is 31.4. The van der Waals surface area contributed by atoms with E-state index in [1.807, 2.05) is 39.7 Å². The van der Waals surface area contributed by atoms with Crippen molar-refractivity contribution in [3.05, 3.63) is 190 Å². The van der Waals surface area contributed by atoms with E-state index < -0.39 is 5.54 Å². The van der Waals surface area contributed by atoms with E-state index in [-0.39, 0.29) is 11.6 Å². The normalized spacial score (nSPS) is 14.1. The molecule has 0 saturated heterocycles. The molecular formula is C47H43N7O. The van der Waals surface area contributed by atoms with Crippen LogP contribution in [0.25, 0.3) is 33.5 Å². The molecule has 0 bridgehead atoms. The van der Waals surface area contributed by atoms with Crippen molar-refractivity contribution in [2.45, 2.75) is 58.2 Å². The summed E-state index contributed by atoms with van der Waals surface area (Å²) in [7, 11) is 0. The number of pyridine rings is 1. The average molecular weight is 722 g/mol. The van der Waals surface area contributed by atoms with Crippen LogP contribution in [0.2, 0.25) is 0 Å². The van der Waals surface area contributed by atoms with Crippen LogP contribution in [-0.4, -0.2) is 34.3 Å². The molecule has 0 aliphatic heterocycles. The van der Waals surface area contributed by atoms with Crippen LogP contribution < -0.4 is 5.56 Å². The van der Waals surface area contributed by atoms with E-state index >= 15 is 0 Å². The molecule has 0 spiro atoms. The smallest absolute Gasteiger partial charge is 0.276 e. The van der Waals surface area contributed by atoms with Crippen LogP contribution in [-0.2, 0) is 24.9 Å². The van der Waals surface area contributed by atoms with Crippen molar-refractivity contribution in [1.82, 2.24) is 34.3 Å². The lowest BCUT2D eigenvalue weighted by Gasteiger charge is -2.36. The zero-order chi connectivity index (χ0) is 37.5. The van der Waals surface area contributed by atoms with Crippen molar-refractivity contribution in [3.63, 3.8) is 0 Å². The molecule has 1 aliphatic carbocycles. The summed E-state index contributed by atoms with van der Waals surface area (Å²) in [6.45, 7) is 7.08. The third-order valence-electron chi connectivity index (χ3n) is 11.1. The monoisotopic (exact) mass is 721 g/mol. The van der Waals surface area contributed by atoms with Gasteiger partial charge < -0.3 is 9.13 Å². The molecule has 0 amide bonds. The number of tetrazole rings is 1. The maximum atomic E-state index is 13.9. The van der Waals surface area contributed by atoms with Gasteiger partial charge in [-0.2, -0.15) is 0 Å². The Balaban J connectivity index is 1.18. The van der Waals surface area contributed by atoms with Crippen LogP contribution >= 0.6 is 0 Å². The molecule has 0 radical (unpaired) electrons. The van der Waals surface area contributed by atoms with E-state index in [0.717, 1.165) is 64.0 Å².